The molecular weight excluding hydrogens is 414 g/mol. The monoisotopic (exact) mass is 445 g/mol. The van der Waals surface area contributed by atoms with Crippen LogP contribution in [0.15, 0.2) is 57.8 Å². The van der Waals surface area contributed by atoms with E-state index in [4.69, 9.17) is 4.42 Å². The second-order valence-electron chi connectivity index (χ2n) is 8.33. The van der Waals surface area contributed by atoms with Crippen molar-refractivity contribution in [3.8, 4) is 0 Å². The lowest BCUT2D eigenvalue weighted by Crippen LogP contribution is -2.33. The van der Waals surface area contributed by atoms with Crippen LogP contribution >= 0.6 is 0 Å². The normalized spacial score (nSPS) is 12.3. The highest BCUT2D eigenvalue weighted by molar-refractivity contribution is 6.07. The van der Waals surface area contributed by atoms with Crippen LogP contribution in [0.2, 0.25) is 0 Å². The summed E-state index contributed by atoms with van der Waals surface area (Å²) in [5.41, 5.74) is 3.31. The van der Waals surface area contributed by atoms with E-state index >= 15 is 0 Å². The number of amides is 1. The average molecular weight is 446 g/mol. The smallest absolute Gasteiger partial charge is 0.349 e. The van der Waals surface area contributed by atoms with E-state index in [1.807, 2.05) is 57.2 Å². The minimum Gasteiger partial charge on any atom is -0.422 e. The van der Waals surface area contributed by atoms with Gasteiger partial charge in [-0.25, -0.2) is 4.79 Å². The van der Waals surface area contributed by atoms with E-state index in [9.17, 15) is 14.4 Å². The molecule has 172 valence electrons. The van der Waals surface area contributed by atoms with Crippen LogP contribution < -0.4 is 5.63 Å². The molecule has 5 heteroatoms. The summed E-state index contributed by atoms with van der Waals surface area (Å²) < 4.78 is 5.67. The topological polar surface area (TPSA) is 67.6 Å². The fourth-order valence-electron chi connectivity index (χ4n) is 3.78. The molecule has 0 spiro atoms. The highest BCUT2D eigenvalue weighted by atomic mass is 16.4. The standard InChI is InChI=1S/C28H31NO4/c1-6-19(5)23-16-20(11-14-25(30)21-12-9-18(4)10-13-21)15-22-17-24(28(32)33-26(22)23)27(31)29(7-2)8-3/h9-17,19H,6-8H2,1-5H3. The van der Waals surface area contributed by atoms with Gasteiger partial charge >= 0.3 is 5.63 Å². The molecule has 0 N–H and O–H groups in total. The van der Waals surface area contributed by atoms with E-state index in [1.54, 1.807) is 23.1 Å². The molecule has 0 aliphatic heterocycles. The van der Waals surface area contributed by atoms with Crippen LogP contribution in [0, 0.1) is 6.92 Å². The third-order valence-electron chi connectivity index (χ3n) is 6.07. The Morgan fingerprint density at radius 3 is 2.30 bits per heavy atom. The molecule has 1 atom stereocenters. The van der Waals surface area contributed by atoms with E-state index in [1.165, 1.54) is 0 Å². The molecular formula is C28H31NO4. The van der Waals surface area contributed by atoms with Crippen molar-refractivity contribution in [2.24, 2.45) is 0 Å². The Balaban J connectivity index is 2.09. The number of ketones is 1. The van der Waals surface area contributed by atoms with Gasteiger partial charge in [0.2, 0.25) is 0 Å². The van der Waals surface area contributed by atoms with Gasteiger partial charge in [0.15, 0.2) is 5.78 Å². The van der Waals surface area contributed by atoms with Gasteiger partial charge in [-0.3, -0.25) is 9.59 Å². The van der Waals surface area contributed by atoms with Crippen LogP contribution in [0.1, 0.15) is 77.4 Å². The van der Waals surface area contributed by atoms with Crippen LogP contribution in [-0.4, -0.2) is 29.7 Å². The van der Waals surface area contributed by atoms with E-state index in [-0.39, 0.29) is 23.2 Å². The molecule has 1 heterocycles. The van der Waals surface area contributed by atoms with Gasteiger partial charge in [-0.1, -0.05) is 49.8 Å². The molecule has 0 saturated heterocycles. The van der Waals surface area contributed by atoms with Gasteiger partial charge < -0.3 is 9.32 Å². The summed E-state index contributed by atoms with van der Waals surface area (Å²) in [6, 6.07) is 12.9. The number of carbonyl (C=O) groups is 2. The minimum absolute atomic E-state index is 0.0261. The van der Waals surface area contributed by atoms with Gasteiger partial charge in [0.05, 0.1) is 0 Å². The molecule has 0 saturated carbocycles. The van der Waals surface area contributed by atoms with Crippen LogP contribution in [0.3, 0.4) is 0 Å². The number of allylic oxidation sites excluding steroid dienone is 1. The fourth-order valence-corrected chi connectivity index (χ4v) is 3.78. The maximum Gasteiger partial charge on any atom is 0.349 e. The molecule has 5 nitrogen and oxygen atoms in total. The van der Waals surface area contributed by atoms with Crippen LogP contribution in [-0.2, 0) is 0 Å². The Morgan fingerprint density at radius 1 is 1.03 bits per heavy atom. The zero-order chi connectivity index (χ0) is 24.1. The van der Waals surface area contributed by atoms with E-state index in [0.29, 0.717) is 29.6 Å². The molecule has 0 aliphatic rings. The second-order valence-corrected chi connectivity index (χ2v) is 8.33. The van der Waals surface area contributed by atoms with E-state index in [2.05, 4.69) is 13.8 Å². The molecule has 0 aliphatic carbocycles. The van der Waals surface area contributed by atoms with Gasteiger partial charge in [0.1, 0.15) is 11.1 Å². The zero-order valence-electron chi connectivity index (χ0n) is 20.0. The van der Waals surface area contributed by atoms with Crippen molar-refractivity contribution < 1.29 is 14.0 Å². The highest BCUT2D eigenvalue weighted by Crippen LogP contribution is 2.30. The third kappa shape index (κ3) is 5.30. The molecule has 33 heavy (non-hydrogen) atoms. The Hall–Kier alpha value is -3.47. The molecule has 1 aromatic heterocycles. The Kier molecular flexibility index (Phi) is 7.64. The molecule has 1 unspecified atom stereocenters. The van der Waals surface area contributed by atoms with Crippen LogP contribution in [0.5, 0.6) is 0 Å². The highest BCUT2D eigenvalue weighted by Gasteiger charge is 2.20. The Labute approximate surface area is 194 Å². The van der Waals surface area contributed by atoms with Crippen molar-refractivity contribution in [2.75, 3.05) is 13.1 Å². The molecule has 3 rings (SSSR count). The lowest BCUT2D eigenvalue weighted by Gasteiger charge is -2.18. The minimum atomic E-state index is -0.623. The number of rotatable bonds is 8. The quantitative estimate of drug-likeness (QED) is 0.242. The zero-order valence-corrected chi connectivity index (χ0v) is 20.0. The summed E-state index contributed by atoms with van der Waals surface area (Å²) >= 11 is 0. The number of aryl methyl sites for hydroxylation is 1. The SMILES string of the molecule is CCC(C)c1cc(C=CC(=O)c2ccc(C)cc2)cc2cc(C(=O)N(CC)CC)c(=O)oc12. The van der Waals surface area contributed by atoms with Crippen molar-refractivity contribution in [3.63, 3.8) is 0 Å². The van der Waals surface area contributed by atoms with Crippen molar-refractivity contribution in [2.45, 2.75) is 47.0 Å². The number of fused-ring (bicyclic) bond motifs is 1. The number of hydrogen-bond acceptors (Lipinski definition) is 4. The maximum absolute atomic E-state index is 12.8. The van der Waals surface area contributed by atoms with Crippen molar-refractivity contribution in [1.29, 1.82) is 0 Å². The summed E-state index contributed by atoms with van der Waals surface area (Å²) in [7, 11) is 0. The van der Waals surface area contributed by atoms with Gasteiger partial charge in [-0.05, 0) is 68.5 Å². The lowest BCUT2D eigenvalue weighted by molar-refractivity contribution is 0.0768. The Bertz CT molecular complexity index is 1250. The molecule has 0 radical (unpaired) electrons. The molecule has 0 fully saturated rings. The first kappa shape index (κ1) is 24.2. The predicted molar refractivity (Wildman–Crippen MR) is 133 cm³/mol. The first-order chi connectivity index (χ1) is 15.8. The lowest BCUT2D eigenvalue weighted by atomic mass is 9.93. The van der Waals surface area contributed by atoms with Gasteiger partial charge in [0.25, 0.3) is 5.91 Å². The Morgan fingerprint density at radius 2 is 1.70 bits per heavy atom. The van der Waals surface area contributed by atoms with E-state index in [0.717, 1.165) is 23.1 Å². The number of hydrogen-bond donors (Lipinski definition) is 0. The predicted octanol–water partition coefficient (Wildman–Crippen LogP) is 5.99. The third-order valence-corrected chi connectivity index (χ3v) is 6.07. The molecule has 1 amide bonds. The van der Waals surface area contributed by atoms with Crippen LogP contribution in [0.25, 0.3) is 17.0 Å². The summed E-state index contributed by atoms with van der Waals surface area (Å²) in [4.78, 5) is 39.7. The maximum atomic E-state index is 12.8. The number of benzene rings is 2. The first-order valence-electron chi connectivity index (χ1n) is 11.5. The van der Waals surface area contributed by atoms with Crippen molar-refractivity contribution in [1.82, 2.24) is 4.90 Å². The molecule has 0 bridgehead atoms. The molecule has 2 aromatic carbocycles. The number of carbonyl (C=O) groups excluding carboxylic acids is 2. The largest absolute Gasteiger partial charge is 0.422 e. The average Bonchev–Trinajstić information content (AvgIpc) is 2.82. The van der Waals surface area contributed by atoms with Gasteiger partial charge in [0, 0.05) is 24.0 Å². The van der Waals surface area contributed by atoms with Crippen molar-refractivity contribution in [3.05, 3.63) is 86.8 Å². The summed E-state index contributed by atoms with van der Waals surface area (Å²) in [6.45, 7) is 10.9. The second kappa shape index (κ2) is 10.4. The summed E-state index contributed by atoms with van der Waals surface area (Å²) in [6.07, 6.45) is 4.17. The van der Waals surface area contributed by atoms with Crippen molar-refractivity contribution >= 4 is 28.7 Å². The summed E-state index contributed by atoms with van der Waals surface area (Å²) in [5, 5.41) is 0.672. The molecule has 3 aromatic rings. The first-order valence-corrected chi connectivity index (χ1v) is 11.5. The fraction of sp³-hybridized carbons (Fsp3) is 0.321. The van der Waals surface area contributed by atoms with Gasteiger partial charge in [-0.15, -0.1) is 0 Å². The summed E-state index contributed by atoms with van der Waals surface area (Å²) in [5.74, 6) is -0.283. The van der Waals surface area contributed by atoms with Gasteiger partial charge in [-0.2, -0.15) is 0 Å². The van der Waals surface area contributed by atoms with Crippen LogP contribution in [0.4, 0.5) is 0 Å². The number of nitrogens with zero attached hydrogens (tertiary/aromatic N) is 1. The van der Waals surface area contributed by atoms with E-state index < -0.39 is 5.63 Å².